The Bertz CT molecular complexity index is 1030. The van der Waals surface area contributed by atoms with Gasteiger partial charge in [0.25, 0.3) is 5.91 Å². The summed E-state index contributed by atoms with van der Waals surface area (Å²) in [6.07, 6.45) is 0.806. The molecule has 2 aromatic carbocycles. The second kappa shape index (κ2) is 8.36. The van der Waals surface area contributed by atoms with Gasteiger partial charge < -0.3 is 20.3 Å². The van der Waals surface area contributed by atoms with E-state index in [1.54, 1.807) is 11.0 Å². The maximum absolute atomic E-state index is 12.8. The Hall–Kier alpha value is -3.32. The molecule has 0 bridgehead atoms. The molecule has 1 aromatic heterocycles. The first kappa shape index (κ1) is 19.0. The molecule has 0 radical (unpaired) electrons. The monoisotopic (exact) mass is 407 g/mol. The Morgan fingerprint density at radius 3 is 2.76 bits per heavy atom. The first-order valence-electron chi connectivity index (χ1n) is 9.44. The maximum Gasteiger partial charge on any atom is 0.323 e. The first-order chi connectivity index (χ1) is 14.2. The molecular weight excluding hydrogens is 386 g/mol. The van der Waals surface area contributed by atoms with Gasteiger partial charge >= 0.3 is 6.03 Å². The predicted octanol–water partition coefficient (Wildman–Crippen LogP) is 4.99. The molecule has 3 amide bonds. The average molecular weight is 407 g/mol. The second-order valence-corrected chi connectivity index (χ2v) is 7.48. The lowest BCUT2D eigenvalue weighted by Crippen LogP contribution is -2.28. The van der Waals surface area contributed by atoms with Crippen LogP contribution in [0, 0.1) is 0 Å². The highest BCUT2D eigenvalue weighted by Gasteiger charge is 2.26. The normalized spacial score (nSPS) is 12.4. The number of urea groups is 1. The molecule has 0 fully saturated rings. The van der Waals surface area contributed by atoms with Gasteiger partial charge in [-0.2, -0.15) is 0 Å². The van der Waals surface area contributed by atoms with Gasteiger partial charge in [0.15, 0.2) is 0 Å². The molecule has 148 valence electrons. The molecule has 3 aromatic rings. The summed E-state index contributed by atoms with van der Waals surface area (Å²) in [5, 5.41) is 7.55. The SMILES string of the molecule is CCOc1ccccc1NC(=O)Nc1ccc2c(c1)N(C(=O)c1cccs1)CC2. The summed E-state index contributed by atoms with van der Waals surface area (Å²) < 4.78 is 5.54. The highest BCUT2D eigenvalue weighted by Crippen LogP contribution is 2.33. The summed E-state index contributed by atoms with van der Waals surface area (Å²) in [4.78, 5) is 27.7. The fourth-order valence-electron chi connectivity index (χ4n) is 3.34. The molecule has 7 heteroatoms. The van der Waals surface area contributed by atoms with Gasteiger partial charge in [-0.15, -0.1) is 11.3 Å². The number of hydrogen-bond donors (Lipinski definition) is 2. The van der Waals surface area contributed by atoms with Crippen LogP contribution >= 0.6 is 11.3 Å². The van der Waals surface area contributed by atoms with Gasteiger partial charge in [-0.1, -0.05) is 24.3 Å². The average Bonchev–Trinajstić information content (AvgIpc) is 3.39. The number of para-hydroxylation sites is 2. The van der Waals surface area contributed by atoms with Crippen molar-refractivity contribution in [2.24, 2.45) is 0 Å². The Labute approximate surface area is 173 Å². The van der Waals surface area contributed by atoms with Crippen LogP contribution < -0.4 is 20.3 Å². The van der Waals surface area contributed by atoms with Crippen LogP contribution in [-0.4, -0.2) is 25.1 Å². The fraction of sp³-hybridized carbons (Fsp3) is 0.182. The Morgan fingerprint density at radius 1 is 1.10 bits per heavy atom. The number of amides is 3. The van der Waals surface area contributed by atoms with Crippen LogP contribution in [0.3, 0.4) is 0 Å². The van der Waals surface area contributed by atoms with Crippen molar-refractivity contribution in [2.45, 2.75) is 13.3 Å². The minimum absolute atomic E-state index is 0.00834. The van der Waals surface area contributed by atoms with Crippen LogP contribution in [0.1, 0.15) is 22.2 Å². The molecule has 0 aliphatic carbocycles. The number of ether oxygens (including phenoxy) is 1. The van der Waals surface area contributed by atoms with E-state index in [2.05, 4.69) is 10.6 Å². The predicted molar refractivity (Wildman–Crippen MR) is 116 cm³/mol. The third-order valence-electron chi connectivity index (χ3n) is 4.65. The highest BCUT2D eigenvalue weighted by atomic mass is 32.1. The molecule has 0 saturated heterocycles. The lowest BCUT2D eigenvalue weighted by Gasteiger charge is -2.17. The van der Waals surface area contributed by atoms with Crippen LogP contribution in [0.4, 0.5) is 21.9 Å². The van der Waals surface area contributed by atoms with Crippen molar-refractivity contribution in [3.05, 3.63) is 70.4 Å². The zero-order chi connectivity index (χ0) is 20.2. The van der Waals surface area contributed by atoms with E-state index in [1.807, 2.05) is 60.8 Å². The van der Waals surface area contributed by atoms with Gasteiger partial charge in [-0.05, 0) is 54.6 Å². The summed E-state index contributed by atoms with van der Waals surface area (Å²) in [6.45, 7) is 3.05. The Kier molecular flexibility index (Phi) is 5.48. The molecule has 1 aliphatic rings. The number of nitrogens with one attached hydrogen (secondary N) is 2. The third-order valence-corrected chi connectivity index (χ3v) is 5.51. The molecule has 1 aliphatic heterocycles. The molecule has 4 rings (SSSR count). The van der Waals surface area contributed by atoms with E-state index < -0.39 is 0 Å². The van der Waals surface area contributed by atoms with E-state index in [9.17, 15) is 9.59 Å². The van der Waals surface area contributed by atoms with Crippen molar-refractivity contribution >= 4 is 40.3 Å². The van der Waals surface area contributed by atoms with Gasteiger partial charge in [0.05, 0.1) is 17.2 Å². The molecule has 2 heterocycles. The molecule has 0 atom stereocenters. The second-order valence-electron chi connectivity index (χ2n) is 6.54. The third kappa shape index (κ3) is 4.09. The van der Waals surface area contributed by atoms with Gasteiger partial charge in [-0.3, -0.25) is 4.79 Å². The van der Waals surface area contributed by atoms with Crippen molar-refractivity contribution in [2.75, 3.05) is 28.7 Å². The number of thiophene rings is 1. The van der Waals surface area contributed by atoms with Crippen LogP contribution in [-0.2, 0) is 6.42 Å². The quantitative estimate of drug-likeness (QED) is 0.626. The fourth-order valence-corrected chi connectivity index (χ4v) is 4.01. The Balaban J connectivity index is 1.49. The van der Waals surface area contributed by atoms with Crippen molar-refractivity contribution < 1.29 is 14.3 Å². The smallest absolute Gasteiger partial charge is 0.323 e. The van der Waals surface area contributed by atoms with Crippen molar-refractivity contribution in [1.82, 2.24) is 0 Å². The summed E-state index contributed by atoms with van der Waals surface area (Å²) >= 11 is 1.43. The molecule has 0 spiro atoms. The Morgan fingerprint density at radius 2 is 1.97 bits per heavy atom. The van der Waals surface area contributed by atoms with Gasteiger partial charge in [0.2, 0.25) is 0 Å². The zero-order valence-corrected chi connectivity index (χ0v) is 16.8. The van der Waals surface area contributed by atoms with E-state index in [1.165, 1.54) is 11.3 Å². The lowest BCUT2D eigenvalue weighted by atomic mass is 10.1. The van der Waals surface area contributed by atoms with E-state index in [0.29, 0.717) is 35.2 Å². The number of anilines is 3. The van der Waals surface area contributed by atoms with Crippen molar-refractivity contribution in [3.63, 3.8) is 0 Å². The van der Waals surface area contributed by atoms with Gasteiger partial charge in [-0.25, -0.2) is 4.79 Å². The molecule has 0 unspecified atom stereocenters. The molecule has 6 nitrogen and oxygen atoms in total. The summed E-state index contributed by atoms with van der Waals surface area (Å²) in [6, 6.07) is 16.3. The molecule has 2 N–H and O–H groups in total. The van der Waals surface area contributed by atoms with E-state index in [-0.39, 0.29) is 11.9 Å². The number of hydrogen-bond acceptors (Lipinski definition) is 4. The van der Waals surface area contributed by atoms with Crippen LogP contribution in [0.5, 0.6) is 5.75 Å². The van der Waals surface area contributed by atoms with Crippen molar-refractivity contribution in [3.8, 4) is 5.75 Å². The number of fused-ring (bicyclic) bond motifs is 1. The van der Waals surface area contributed by atoms with E-state index in [0.717, 1.165) is 17.7 Å². The van der Waals surface area contributed by atoms with Crippen LogP contribution in [0.25, 0.3) is 0 Å². The summed E-state index contributed by atoms with van der Waals surface area (Å²) in [5.41, 5.74) is 3.17. The van der Waals surface area contributed by atoms with Crippen molar-refractivity contribution in [1.29, 1.82) is 0 Å². The number of benzene rings is 2. The van der Waals surface area contributed by atoms with Gasteiger partial charge in [0.1, 0.15) is 5.75 Å². The number of nitrogens with zero attached hydrogens (tertiary/aromatic N) is 1. The largest absolute Gasteiger partial charge is 0.492 e. The van der Waals surface area contributed by atoms with Gasteiger partial charge in [0, 0.05) is 17.9 Å². The summed E-state index contributed by atoms with van der Waals surface area (Å²) in [7, 11) is 0. The van der Waals surface area contributed by atoms with Crippen LogP contribution in [0.2, 0.25) is 0 Å². The lowest BCUT2D eigenvalue weighted by molar-refractivity contribution is 0.0993. The molecular formula is C22H21N3O3S. The number of rotatable bonds is 5. The first-order valence-corrected chi connectivity index (χ1v) is 10.3. The highest BCUT2D eigenvalue weighted by molar-refractivity contribution is 7.12. The standard InChI is InChI=1S/C22H21N3O3S/c1-2-28-19-7-4-3-6-17(19)24-22(27)23-16-10-9-15-11-12-25(18(15)14-16)21(26)20-8-5-13-29-20/h3-10,13-14H,2,11-12H2,1H3,(H2,23,24,27). The van der Waals surface area contributed by atoms with Crippen LogP contribution in [0.15, 0.2) is 60.0 Å². The molecule has 29 heavy (non-hydrogen) atoms. The number of carbonyl (C=O) groups is 2. The minimum Gasteiger partial charge on any atom is -0.492 e. The van der Waals surface area contributed by atoms with E-state index in [4.69, 9.17) is 4.74 Å². The minimum atomic E-state index is -0.369. The molecule has 0 saturated carbocycles. The zero-order valence-electron chi connectivity index (χ0n) is 16.0. The number of carbonyl (C=O) groups excluding carboxylic acids is 2. The topological polar surface area (TPSA) is 70.7 Å². The summed E-state index contributed by atoms with van der Waals surface area (Å²) in [5.74, 6) is 0.609. The van der Waals surface area contributed by atoms with E-state index >= 15 is 0 Å². The maximum atomic E-state index is 12.8.